The molecule has 2 aromatic carbocycles. The summed E-state index contributed by atoms with van der Waals surface area (Å²) in [6, 6.07) is 10.4. The van der Waals surface area contributed by atoms with Gasteiger partial charge in [0.05, 0.1) is 30.8 Å². The summed E-state index contributed by atoms with van der Waals surface area (Å²) in [6.07, 6.45) is 0. The molecule has 0 spiro atoms. The van der Waals surface area contributed by atoms with Gasteiger partial charge in [0, 0.05) is 5.02 Å². The Labute approximate surface area is 171 Å². The number of ether oxygens (including phenoxy) is 2. The number of esters is 1. The summed E-state index contributed by atoms with van der Waals surface area (Å²) < 4.78 is 11.7. The van der Waals surface area contributed by atoms with E-state index in [1.807, 2.05) is 19.1 Å². The van der Waals surface area contributed by atoms with Crippen molar-refractivity contribution in [2.45, 2.75) is 24.3 Å². The van der Waals surface area contributed by atoms with Crippen molar-refractivity contribution in [3.63, 3.8) is 0 Å². The predicted octanol–water partition coefficient (Wildman–Crippen LogP) is 4.01. The number of methoxy groups -OCH3 is 2. The number of benzene rings is 2. The predicted molar refractivity (Wildman–Crippen MR) is 111 cm³/mol. The molecule has 0 amide bonds. The standard InChI is InChI=1S/C20H19ClN2O4S/c1-11-5-8-17(26-3)16(9-11)23-18(24)14-7-6-13(21)10-15(14)22-20(23)28-12(2)19(25)27-4/h5-10,12H,1-4H3. The molecular formula is C20H19ClN2O4S. The average Bonchev–Trinajstić information content (AvgIpc) is 2.67. The molecule has 1 aromatic heterocycles. The third kappa shape index (κ3) is 3.86. The lowest BCUT2D eigenvalue weighted by atomic mass is 10.2. The van der Waals surface area contributed by atoms with E-state index >= 15 is 0 Å². The summed E-state index contributed by atoms with van der Waals surface area (Å²) in [6.45, 7) is 3.62. The van der Waals surface area contributed by atoms with E-state index in [9.17, 15) is 9.59 Å². The van der Waals surface area contributed by atoms with Gasteiger partial charge in [0.25, 0.3) is 5.56 Å². The molecule has 0 saturated carbocycles. The minimum absolute atomic E-state index is 0.273. The zero-order valence-corrected chi connectivity index (χ0v) is 17.4. The van der Waals surface area contributed by atoms with Crippen LogP contribution in [0.1, 0.15) is 12.5 Å². The number of carbonyl (C=O) groups is 1. The molecule has 0 radical (unpaired) electrons. The number of fused-ring (bicyclic) bond motifs is 1. The number of aromatic nitrogens is 2. The van der Waals surface area contributed by atoms with Crippen LogP contribution in [0, 0.1) is 6.92 Å². The van der Waals surface area contributed by atoms with Gasteiger partial charge in [-0.1, -0.05) is 29.4 Å². The Morgan fingerprint density at radius 1 is 1.21 bits per heavy atom. The molecule has 0 aliphatic heterocycles. The average molecular weight is 419 g/mol. The molecule has 0 aliphatic rings. The maximum Gasteiger partial charge on any atom is 0.318 e. The van der Waals surface area contributed by atoms with Crippen LogP contribution in [0.15, 0.2) is 46.3 Å². The second kappa shape index (κ2) is 8.24. The van der Waals surface area contributed by atoms with E-state index in [1.165, 1.54) is 18.8 Å². The van der Waals surface area contributed by atoms with Crippen molar-refractivity contribution in [3.05, 3.63) is 57.3 Å². The van der Waals surface area contributed by atoms with Gasteiger partial charge >= 0.3 is 5.97 Å². The van der Waals surface area contributed by atoms with E-state index in [1.54, 1.807) is 31.2 Å². The summed E-state index contributed by atoms with van der Waals surface area (Å²) in [5, 5.41) is 0.683. The van der Waals surface area contributed by atoms with Crippen molar-refractivity contribution >= 4 is 40.2 Å². The zero-order chi connectivity index (χ0) is 20.4. The van der Waals surface area contributed by atoms with Crippen LogP contribution < -0.4 is 10.3 Å². The Hall–Kier alpha value is -2.51. The quantitative estimate of drug-likeness (QED) is 0.354. The van der Waals surface area contributed by atoms with Gasteiger partial charge in [0.2, 0.25) is 0 Å². The Balaban J connectivity index is 2.33. The fourth-order valence-electron chi connectivity index (χ4n) is 2.78. The SMILES string of the molecule is COC(=O)C(C)Sc1nc2cc(Cl)ccc2c(=O)n1-c1cc(C)ccc1OC. The highest BCUT2D eigenvalue weighted by molar-refractivity contribution is 8.00. The van der Waals surface area contributed by atoms with E-state index in [0.29, 0.717) is 32.5 Å². The van der Waals surface area contributed by atoms with Gasteiger partial charge < -0.3 is 9.47 Å². The summed E-state index contributed by atoms with van der Waals surface area (Å²) in [4.78, 5) is 29.9. The van der Waals surface area contributed by atoms with E-state index in [2.05, 4.69) is 4.98 Å². The normalized spacial score (nSPS) is 12.0. The highest BCUT2D eigenvalue weighted by Gasteiger charge is 2.22. The Kier molecular flexibility index (Phi) is 5.96. The number of aryl methyl sites for hydroxylation is 1. The lowest BCUT2D eigenvalue weighted by Crippen LogP contribution is -2.24. The molecule has 0 N–H and O–H groups in total. The van der Waals surface area contributed by atoms with E-state index < -0.39 is 11.2 Å². The maximum atomic E-state index is 13.4. The third-order valence-corrected chi connectivity index (χ3v) is 5.46. The van der Waals surface area contributed by atoms with Crippen molar-refractivity contribution in [1.29, 1.82) is 0 Å². The fourth-order valence-corrected chi connectivity index (χ4v) is 3.89. The first kappa shape index (κ1) is 20.2. The lowest BCUT2D eigenvalue weighted by Gasteiger charge is -2.18. The molecule has 1 atom stereocenters. The number of carbonyl (C=O) groups excluding carboxylic acids is 1. The minimum Gasteiger partial charge on any atom is -0.495 e. The summed E-state index contributed by atoms with van der Waals surface area (Å²) in [5.74, 6) is 0.114. The van der Waals surface area contributed by atoms with Crippen molar-refractivity contribution in [2.75, 3.05) is 14.2 Å². The molecule has 146 valence electrons. The minimum atomic E-state index is -0.560. The number of hydrogen-bond donors (Lipinski definition) is 0. The van der Waals surface area contributed by atoms with E-state index in [4.69, 9.17) is 21.1 Å². The van der Waals surface area contributed by atoms with Crippen molar-refractivity contribution in [2.24, 2.45) is 0 Å². The number of rotatable bonds is 5. The molecule has 3 aromatic rings. The van der Waals surface area contributed by atoms with Crippen LogP contribution in [-0.4, -0.2) is 35.0 Å². The van der Waals surface area contributed by atoms with Crippen LogP contribution in [0.25, 0.3) is 16.6 Å². The van der Waals surface area contributed by atoms with Crippen molar-refractivity contribution in [1.82, 2.24) is 9.55 Å². The molecule has 0 aliphatic carbocycles. The molecule has 1 unspecified atom stereocenters. The van der Waals surface area contributed by atoms with Gasteiger partial charge in [0.15, 0.2) is 5.16 Å². The van der Waals surface area contributed by atoms with Crippen LogP contribution in [0.5, 0.6) is 5.75 Å². The van der Waals surface area contributed by atoms with Gasteiger partial charge in [-0.05, 0) is 49.7 Å². The van der Waals surface area contributed by atoms with Crippen LogP contribution in [0.4, 0.5) is 0 Å². The fraction of sp³-hybridized carbons (Fsp3) is 0.250. The summed E-state index contributed by atoms with van der Waals surface area (Å²) in [5.41, 5.74) is 1.69. The highest BCUT2D eigenvalue weighted by Crippen LogP contribution is 2.30. The molecule has 0 saturated heterocycles. The zero-order valence-electron chi connectivity index (χ0n) is 15.9. The topological polar surface area (TPSA) is 70.4 Å². The molecule has 0 fully saturated rings. The maximum absolute atomic E-state index is 13.4. The van der Waals surface area contributed by atoms with Gasteiger partial charge in [-0.25, -0.2) is 4.98 Å². The molecule has 3 rings (SSSR count). The summed E-state index contributed by atoms with van der Waals surface area (Å²) in [7, 11) is 2.86. The molecule has 1 heterocycles. The molecule has 28 heavy (non-hydrogen) atoms. The monoisotopic (exact) mass is 418 g/mol. The Morgan fingerprint density at radius 2 is 1.96 bits per heavy atom. The number of nitrogens with zero attached hydrogens (tertiary/aromatic N) is 2. The van der Waals surface area contributed by atoms with Gasteiger partial charge in [-0.15, -0.1) is 0 Å². The first-order chi connectivity index (χ1) is 13.3. The molecule has 0 bridgehead atoms. The number of hydrogen-bond acceptors (Lipinski definition) is 6. The first-order valence-electron chi connectivity index (χ1n) is 8.47. The van der Waals surface area contributed by atoms with Crippen LogP contribution in [-0.2, 0) is 9.53 Å². The van der Waals surface area contributed by atoms with Gasteiger partial charge in [-0.3, -0.25) is 14.2 Å². The van der Waals surface area contributed by atoms with Crippen LogP contribution in [0.3, 0.4) is 0 Å². The smallest absolute Gasteiger partial charge is 0.318 e. The number of thioether (sulfide) groups is 1. The summed E-state index contributed by atoms with van der Waals surface area (Å²) >= 11 is 7.21. The highest BCUT2D eigenvalue weighted by atomic mass is 35.5. The van der Waals surface area contributed by atoms with E-state index in [0.717, 1.165) is 17.3 Å². The van der Waals surface area contributed by atoms with Gasteiger partial charge in [-0.2, -0.15) is 0 Å². The molecule has 8 heteroatoms. The van der Waals surface area contributed by atoms with Gasteiger partial charge in [0.1, 0.15) is 11.0 Å². The molecule has 6 nitrogen and oxygen atoms in total. The first-order valence-corrected chi connectivity index (χ1v) is 9.73. The van der Waals surface area contributed by atoms with Crippen molar-refractivity contribution < 1.29 is 14.3 Å². The van der Waals surface area contributed by atoms with Crippen LogP contribution in [0.2, 0.25) is 5.02 Å². The lowest BCUT2D eigenvalue weighted by molar-refractivity contribution is -0.139. The largest absolute Gasteiger partial charge is 0.495 e. The van der Waals surface area contributed by atoms with Crippen LogP contribution >= 0.6 is 23.4 Å². The number of halogens is 1. The Bertz CT molecular complexity index is 1110. The Morgan fingerprint density at radius 3 is 2.64 bits per heavy atom. The van der Waals surface area contributed by atoms with E-state index in [-0.39, 0.29) is 5.56 Å². The van der Waals surface area contributed by atoms with Crippen molar-refractivity contribution in [3.8, 4) is 11.4 Å². The third-order valence-electron chi connectivity index (χ3n) is 4.19. The second-order valence-electron chi connectivity index (χ2n) is 6.15. The molecular weight excluding hydrogens is 400 g/mol. The second-order valence-corrected chi connectivity index (χ2v) is 7.90.